The van der Waals surface area contributed by atoms with E-state index < -0.39 is 5.91 Å². The normalized spacial score (nSPS) is 11.0. The number of anilines is 1. The summed E-state index contributed by atoms with van der Waals surface area (Å²) in [6, 6.07) is 12.4. The molecule has 0 fully saturated rings. The number of hydrogen-bond acceptors (Lipinski definition) is 4. The number of nitrogens with zero attached hydrogens (tertiary/aromatic N) is 3. The summed E-state index contributed by atoms with van der Waals surface area (Å²) in [5.74, 6) is -0.209. The van der Waals surface area contributed by atoms with Gasteiger partial charge in [-0.3, -0.25) is 14.0 Å². The number of allylic oxidation sites excluding steroid dienone is 1. The maximum absolute atomic E-state index is 13.2. The fourth-order valence-corrected chi connectivity index (χ4v) is 3.72. The van der Waals surface area contributed by atoms with Gasteiger partial charge in [0.25, 0.3) is 17.1 Å². The van der Waals surface area contributed by atoms with Gasteiger partial charge >= 0.3 is 0 Å². The Labute approximate surface area is 183 Å². The summed E-state index contributed by atoms with van der Waals surface area (Å²) in [4.78, 5) is 30.8. The molecular formula is C23H21ClN5O2+. The van der Waals surface area contributed by atoms with Gasteiger partial charge in [0, 0.05) is 23.3 Å². The first-order valence-electron chi connectivity index (χ1n) is 9.69. The Morgan fingerprint density at radius 1 is 1.32 bits per heavy atom. The van der Waals surface area contributed by atoms with Gasteiger partial charge in [-0.25, -0.2) is 4.57 Å². The summed E-state index contributed by atoms with van der Waals surface area (Å²) in [7, 11) is 0. The molecule has 4 rings (SSSR count). The summed E-state index contributed by atoms with van der Waals surface area (Å²) in [6.07, 6.45) is 3.30. The van der Waals surface area contributed by atoms with Crippen LogP contribution in [0.25, 0.3) is 16.7 Å². The number of halogens is 1. The van der Waals surface area contributed by atoms with Gasteiger partial charge in [-0.15, -0.1) is 0 Å². The van der Waals surface area contributed by atoms with E-state index in [1.807, 2.05) is 31.2 Å². The molecule has 0 saturated heterocycles. The lowest BCUT2D eigenvalue weighted by atomic mass is 10.1. The standard InChI is InChI=1S/C23H20ClN5O2/c1-3-10-28-19(25)16(22(30)26-13-15-8-4-5-9-18(15)24)12-17-21(28)27-20-14(2)7-6-11-29(20)23(17)31/h3-9,11-12,25H,1,10,13H2,2H3,(H,26,30)/p+1. The number of nitrogens with one attached hydrogen (secondary N) is 1. The third-order valence-electron chi connectivity index (χ3n) is 5.13. The lowest BCUT2D eigenvalue weighted by Gasteiger charge is -2.12. The predicted octanol–water partition coefficient (Wildman–Crippen LogP) is 2.80. The van der Waals surface area contributed by atoms with E-state index in [2.05, 4.69) is 16.9 Å². The molecule has 1 amide bonds. The van der Waals surface area contributed by atoms with Crippen LogP contribution >= 0.6 is 11.6 Å². The van der Waals surface area contributed by atoms with Crippen molar-refractivity contribution in [2.75, 3.05) is 5.73 Å². The van der Waals surface area contributed by atoms with Crippen LogP contribution in [-0.4, -0.2) is 15.3 Å². The zero-order valence-electron chi connectivity index (χ0n) is 16.9. The largest absolute Gasteiger partial charge is 0.348 e. The molecule has 0 saturated carbocycles. The molecule has 4 aromatic rings. The summed E-state index contributed by atoms with van der Waals surface area (Å²) < 4.78 is 3.10. The zero-order valence-corrected chi connectivity index (χ0v) is 17.7. The molecule has 0 bridgehead atoms. The number of nitrogen functional groups attached to an aromatic ring is 1. The molecule has 31 heavy (non-hydrogen) atoms. The van der Waals surface area contributed by atoms with Crippen LogP contribution in [0.5, 0.6) is 0 Å². The maximum Gasteiger partial charge on any atom is 0.278 e. The van der Waals surface area contributed by atoms with Gasteiger partial charge in [0.1, 0.15) is 10.9 Å². The number of pyridine rings is 2. The number of carbonyl (C=O) groups is 1. The van der Waals surface area contributed by atoms with E-state index in [0.717, 1.165) is 11.1 Å². The smallest absolute Gasteiger partial charge is 0.278 e. The number of fused-ring (bicyclic) bond motifs is 2. The third kappa shape index (κ3) is 3.64. The molecular weight excluding hydrogens is 414 g/mol. The summed E-state index contributed by atoms with van der Waals surface area (Å²) in [5.41, 5.74) is 8.83. The van der Waals surface area contributed by atoms with Crippen LogP contribution in [0.1, 0.15) is 21.5 Å². The maximum atomic E-state index is 13.2. The molecule has 0 aliphatic carbocycles. The number of hydrogen-bond donors (Lipinski definition) is 2. The molecule has 0 aliphatic rings. The Morgan fingerprint density at radius 2 is 2.10 bits per heavy atom. The van der Waals surface area contributed by atoms with Gasteiger partial charge in [0.2, 0.25) is 11.5 Å². The molecule has 3 heterocycles. The minimum absolute atomic E-state index is 0.188. The topological polar surface area (TPSA) is 93.4 Å². The van der Waals surface area contributed by atoms with Crippen LogP contribution in [0.15, 0.2) is 66.1 Å². The lowest BCUT2D eigenvalue weighted by Crippen LogP contribution is -2.42. The SMILES string of the molecule is C=CC[n+]1c(N)c(C(=O)NCc2ccccc2Cl)cc2c(=O)n3cccc(C)c3nc21. The summed E-state index contributed by atoms with van der Waals surface area (Å²) >= 11 is 6.18. The van der Waals surface area contributed by atoms with Crippen molar-refractivity contribution >= 4 is 40.0 Å². The van der Waals surface area contributed by atoms with E-state index in [1.54, 1.807) is 29.0 Å². The van der Waals surface area contributed by atoms with Crippen LogP contribution in [-0.2, 0) is 13.1 Å². The van der Waals surface area contributed by atoms with Crippen molar-refractivity contribution in [3.8, 4) is 0 Å². The molecule has 156 valence electrons. The van der Waals surface area contributed by atoms with Gasteiger partial charge in [-0.05, 0) is 30.7 Å². The van der Waals surface area contributed by atoms with E-state index in [1.165, 1.54) is 10.5 Å². The van der Waals surface area contributed by atoms with Gasteiger partial charge in [-0.1, -0.05) is 53.5 Å². The first-order valence-corrected chi connectivity index (χ1v) is 10.1. The van der Waals surface area contributed by atoms with E-state index in [-0.39, 0.29) is 23.5 Å². The van der Waals surface area contributed by atoms with Crippen molar-refractivity contribution in [2.45, 2.75) is 20.0 Å². The Balaban J connectivity index is 1.87. The monoisotopic (exact) mass is 434 g/mol. The van der Waals surface area contributed by atoms with E-state index >= 15 is 0 Å². The van der Waals surface area contributed by atoms with E-state index in [4.69, 9.17) is 17.3 Å². The molecule has 0 radical (unpaired) electrons. The van der Waals surface area contributed by atoms with Crippen LogP contribution in [0.2, 0.25) is 5.02 Å². The van der Waals surface area contributed by atoms with Gasteiger partial charge in [0.15, 0.2) is 0 Å². The zero-order chi connectivity index (χ0) is 22.1. The van der Waals surface area contributed by atoms with Crippen LogP contribution < -0.4 is 21.2 Å². The van der Waals surface area contributed by atoms with E-state index in [0.29, 0.717) is 28.2 Å². The molecule has 1 aromatic carbocycles. The highest BCUT2D eigenvalue weighted by Crippen LogP contribution is 2.17. The van der Waals surface area contributed by atoms with Crippen LogP contribution in [0, 0.1) is 6.92 Å². The lowest BCUT2D eigenvalue weighted by molar-refractivity contribution is -0.648. The molecule has 7 nitrogen and oxygen atoms in total. The third-order valence-corrected chi connectivity index (χ3v) is 5.50. The highest BCUT2D eigenvalue weighted by atomic mass is 35.5. The number of rotatable bonds is 5. The molecule has 0 unspecified atom stereocenters. The van der Waals surface area contributed by atoms with E-state index in [9.17, 15) is 9.59 Å². The summed E-state index contributed by atoms with van der Waals surface area (Å²) in [5, 5.41) is 3.67. The number of carbonyl (C=O) groups excluding carboxylic acids is 1. The Morgan fingerprint density at radius 3 is 2.84 bits per heavy atom. The first kappa shape index (κ1) is 20.6. The van der Waals surface area contributed by atoms with Crippen LogP contribution in [0.4, 0.5) is 5.82 Å². The number of amides is 1. The number of benzene rings is 1. The van der Waals surface area contributed by atoms with Crippen molar-refractivity contribution in [2.24, 2.45) is 0 Å². The van der Waals surface area contributed by atoms with Gasteiger partial charge in [-0.2, -0.15) is 0 Å². The number of nitrogens with two attached hydrogens (primary N) is 1. The van der Waals surface area contributed by atoms with Crippen molar-refractivity contribution in [1.29, 1.82) is 0 Å². The molecule has 8 heteroatoms. The van der Waals surface area contributed by atoms with Crippen molar-refractivity contribution in [3.05, 3.63) is 93.4 Å². The second-order valence-corrected chi connectivity index (χ2v) is 7.56. The minimum Gasteiger partial charge on any atom is -0.348 e. The van der Waals surface area contributed by atoms with Crippen molar-refractivity contribution < 1.29 is 9.36 Å². The molecule has 0 atom stereocenters. The summed E-state index contributed by atoms with van der Waals surface area (Å²) in [6.45, 7) is 6.17. The van der Waals surface area contributed by atoms with Gasteiger partial charge in [0.05, 0.1) is 6.54 Å². The Bertz CT molecular complexity index is 1410. The average Bonchev–Trinajstić information content (AvgIpc) is 2.76. The number of aryl methyl sites for hydroxylation is 1. The highest BCUT2D eigenvalue weighted by Gasteiger charge is 2.24. The van der Waals surface area contributed by atoms with Crippen molar-refractivity contribution in [3.63, 3.8) is 0 Å². The average molecular weight is 435 g/mol. The van der Waals surface area contributed by atoms with Crippen LogP contribution in [0.3, 0.4) is 0 Å². The number of aromatic nitrogens is 3. The molecule has 0 spiro atoms. The minimum atomic E-state index is -0.411. The Kier molecular flexibility index (Phi) is 5.44. The fourth-order valence-electron chi connectivity index (χ4n) is 3.52. The second-order valence-electron chi connectivity index (χ2n) is 7.16. The molecule has 0 aliphatic heterocycles. The molecule has 3 N–H and O–H groups in total. The second kappa shape index (κ2) is 8.20. The quantitative estimate of drug-likeness (QED) is 0.287. The first-order chi connectivity index (χ1) is 14.9. The Hall–Kier alpha value is -3.71. The fraction of sp³-hybridized carbons (Fsp3) is 0.130. The van der Waals surface area contributed by atoms with Crippen molar-refractivity contribution in [1.82, 2.24) is 14.7 Å². The highest BCUT2D eigenvalue weighted by molar-refractivity contribution is 6.31. The van der Waals surface area contributed by atoms with Gasteiger partial charge < -0.3 is 11.1 Å². The molecule has 3 aromatic heterocycles. The predicted molar refractivity (Wildman–Crippen MR) is 121 cm³/mol.